The molecule has 2 rings (SSSR count). The smallest absolute Gasteiger partial charge is 0.0925 e. The van der Waals surface area contributed by atoms with E-state index in [0.29, 0.717) is 0 Å². The molecular formula is C9H10N2. The predicted molar refractivity (Wildman–Crippen MR) is 43.1 cm³/mol. The molecule has 1 aliphatic carbocycles. The van der Waals surface area contributed by atoms with Crippen LogP contribution in [0.15, 0.2) is 6.33 Å². The molecule has 11 heavy (non-hydrogen) atoms. The highest BCUT2D eigenvalue weighted by molar-refractivity contribution is 5.38. The number of rotatable bonds is 1. The normalized spacial score (nSPS) is 19.3. The van der Waals surface area contributed by atoms with Crippen LogP contribution in [0.1, 0.15) is 24.2 Å². The zero-order valence-corrected chi connectivity index (χ0v) is 6.52. The summed E-state index contributed by atoms with van der Waals surface area (Å²) in [6, 6.07) is 0. The maximum Gasteiger partial charge on any atom is 0.0925 e. The van der Waals surface area contributed by atoms with Crippen LogP contribution in [-0.4, -0.2) is 9.97 Å². The van der Waals surface area contributed by atoms with Crippen molar-refractivity contribution in [1.82, 2.24) is 9.97 Å². The zero-order valence-electron chi connectivity index (χ0n) is 6.52. The monoisotopic (exact) mass is 146 g/mol. The lowest BCUT2D eigenvalue weighted by Crippen LogP contribution is -2.04. The molecule has 0 aromatic carbocycles. The number of nitrogens with zero attached hydrogens (tertiary/aromatic N) is 1. The van der Waals surface area contributed by atoms with E-state index in [4.69, 9.17) is 6.42 Å². The molecule has 1 N–H and O–H groups in total. The van der Waals surface area contributed by atoms with Crippen LogP contribution in [0.5, 0.6) is 0 Å². The summed E-state index contributed by atoms with van der Waals surface area (Å²) in [6.45, 7) is 2.01. The lowest BCUT2D eigenvalue weighted by atomic mass is 10.0. The molecule has 0 saturated heterocycles. The maximum atomic E-state index is 5.42. The van der Waals surface area contributed by atoms with Crippen molar-refractivity contribution in [3.8, 4) is 12.3 Å². The number of aryl methyl sites for hydroxylation is 1. The Labute approximate surface area is 66.0 Å². The van der Waals surface area contributed by atoms with Gasteiger partial charge in [0.1, 0.15) is 0 Å². The SMILES string of the molecule is C#CC1(c2nc[nH]c2C)CC1. The highest BCUT2D eigenvalue weighted by atomic mass is 14.9. The number of imidazole rings is 1. The first-order chi connectivity index (χ1) is 5.28. The van der Waals surface area contributed by atoms with Crippen molar-refractivity contribution in [2.45, 2.75) is 25.2 Å². The number of aromatic nitrogens is 2. The lowest BCUT2D eigenvalue weighted by molar-refractivity contribution is 0.871. The van der Waals surface area contributed by atoms with Gasteiger partial charge >= 0.3 is 0 Å². The van der Waals surface area contributed by atoms with Crippen molar-refractivity contribution in [3.05, 3.63) is 17.7 Å². The van der Waals surface area contributed by atoms with E-state index in [-0.39, 0.29) is 5.41 Å². The minimum absolute atomic E-state index is 0.00984. The molecule has 56 valence electrons. The fourth-order valence-electron chi connectivity index (χ4n) is 1.42. The molecule has 1 aromatic rings. The summed E-state index contributed by atoms with van der Waals surface area (Å²) >= 11 is 0. The van der Waals surface area contributed by atoms with Crippen LogP contribution in [0.4, 0.5) is 0 Å². The topological polar surface area (TPSA) is 28.7 Å². The Balaban J connectivity index is 2.45. The lowest BCUT2D eigenvalue weighted by Gasteiger charge is -2.03. The van der Waals surface area contributed by atoms with Crippen molar-refractivity contribution >= 4 is 0 Å². The minimum Gasteiger partial charge on any atom is -0.348 e. The first kappa shape index (κ1) is 6.48. The third kappa shape index (κ3) is 0.775. The van der Waals surface area contributed by atoms with Gasteiger partial charge in [-0.1, -0.05) is 5.92 Å². The molecule has 1 aliphatic rings. The van der Waals surface area contributed by atoms with Crippen LogP contribution in [0.3, 0.4) is 0 Å². The summed E-state index contributed by atoms with van der Waals surface area (Å²) in [5.74, 6) is 2.81. The third-order valence-corrected chi connectivity index (χ3v) is 2.31. The summed E-state index contributed by atoms with van der Waals surface area (Å²) < 4.78 is 0. The van der Waals surface area contributed by atoms with Crippen LogP contribution in [-0.2, 0) is 5.41 Å². The van der Waals surface area contributed by atoms with Gasteiger partial charge in [-0.2, -0.15) is 0 Å². The van der Waals surface area contributed by atoms with Crippen molar-refractivity contribution in [2.24, 2.45) is 0 Å². The Morgan fingerprint density at radius 1 is 1.73 bits per heavy atom. The zero-order chi connectivity index (χ0) is 7.90. The molecular weight excluding hydrogens is 136 g/mol. The Morgan fingerprint density at radius 2 is 2.45 bits per heavy atom. The molecule has 0 radical (unpaired) electrons. The fraction of sp³-hybridized carbons (Fsp3) is 0.444. The molecule has 1 heterocycles. The van der Waals surface area contributed by atoms with E-state index in [1.165, 1.54) is 0 Å². The van der Waals surface area contributed by atoms with Crippen molar-refractivity contribution in [1.29, 1.82) is 0 Å². The molecule has 1 aromatic heterocycles. The Morgan fingerprint density at radius 3 is 2.82 bits per heavy atom. The first-order valence-corrected chi connectivity index (χ1v) is 3.77. The van der Waals surface area contributed by atoms with Gasteiger partial charge in [-0.3, -0.25) is 0 Å². The molecule has 0 unspecified atom stereocenters. The van der Waals surface area contributed by atoms with E-state index in [1.54, 1.807) is 6.33 Å². The van der Waals surface area contributed by atoms with Gasteiger partial charge in [-0.15, -0.1) is 6.42 Å². The molecule has 1 fully saturated rings. The van der Waals surface area contributed by atoms with Crippen LogP contribution in [0.2, 0.25) is 0 Å². The summed E-state index contributed by atoms with van der Waals surface area (Å²) in [6.07, 6.45) is 9.32. The van der Waals surface area contributed by atoms with E-state index >= 15 is 0 Å². The number of nitrogens with one attached hydrogen (secondary N) is 1. The number of aromatic amines is 1. The van der Waals surface area contributed by atoms with Crippen LogP contribution in [0.25, 0.3) is 0 Å². The molecule has 0 aliphatic heterocycles. The number of H-pyrrole nitrogens is 1. The average molecular weight is 146 g/mol. The molecule has 2 nitrogen and oxygen atoms in total. The molecule has 2 heteroatoms. The van der Waals surface area contributed by atoms with Gasteiger partial charge in [0.25, 0.3) is 0 Å². The molecule has 0 atom stereocenters. The summed E-state index contributed by atoms with van der Waals surface area (Å²) in [7, 11) is 0. The summed E-state index contributed by atoms with van der Waals surface area (Å²) in [5, 5.41) is 0. The summed E-state index contributed by atoms with van der Waals surface area (Å²) in [5.41, 5.74) is 2.17. The Bertz CT molecular complexity index is 313. The number of hydrogen-bond acceptors (Lipinski definition) is 1. The Kier molecular flexibility index (Phi) is 1.11. The minimum atomic E-state index is -0.00984. The van der Waals surface area contributed by atoms with E-state index in [0.717, 1.165) is 24.2 Å². The highest BCUT2D eigenvalue weighted by Gasteiger charge is 2.45. The van der Waals surface area contributed by atoms with E-state index in [2.05, 4.69) is 15.9 Å². The summed E-state index contributed by atoms with van der Waals surface area (Å²) in [4.78, 5) is 7.27. The largest absolute Gasteiger partial charge is 0.348 e. The Hall–Kier alpha value is -1.23. The van der Waals surface area contributed by atoms with E-state index in [1.807, 2.05) is 6.92 Å². The van der Waals surface area contributed by atoms with Gasteiger partial charge in [0, 0.05) is 5.69 Å². The predicted octanol–water partition coefficient (Wildman–Crippen LogP) is 1.38. The second kappa shape index (κ2) is 1.88. The van der Waals surface area contributed by atoms with Gasteiger partial charge in [0.2, 0.25) is 0 Å². The second-order valence-electron chi connectivity index (χ2n) is 3.10. The molecule has 1 saturated carbocycles. The van der Waals surface area contributed by atoms with Gasteiger partial charge in [0.05, 0.1) is 17.4 Å². The van der Waals surface area contributed by atoms with Crippen LogP contribution in [0, 0.1) is 19.3 Å². The van der Waals surface area contributed by atoms with Crippen molar-refractivity contribution < 1.29 is 0 Å². The highest BCUT2D eigenvalue weighted by Crippen LogP contribution is 2.47. The molecule has 0 bridgehead atoms. The fourth-order valence-corrected chi connectivity index (χ4v) is 1.42. The standard InChI is InChI=1S/C9H10N2/c1-3-9(4-5-9)8-7(2)10-6-11-8/h1,6H,4-5H2,2H3,(H,10,11). The van der Waals surface area contributed by atoms with Gasteiger partial charge in [-0.05, 0) is 19.8 Å². The van der Waals surface area contributed by atoms with Gasteiger partial charge < -0.3 is 4.98 Å². The van der Waals surface area contributed by atoms with Crippen molar-refractivity contribution in [3.63, 3.8) is 0 Å². The van der Waals surface area contributed by atoms with E-state index < -0.39 is 0 Å². The average Bonchev–Trinajstić information content (AvgIpc) is 2.70. The first-order valence-electron chi connectivity index (χ1n) is 3.77. The second-order valence-corrected chi connectivity index (χ2v) is 3.10. The van der Waals surface area contributed by atoms with Crippen LogP contribution >= 0.6 is 0 Å². The number of terminal acetylenes is 1. The van der Waals surface area contributed by atoms with Crippen LogP contribution < -0.4 is 0 Å². The van der Waals surface area contributed by atoms with Crippen molar-refractivity contribution in [2.75, 3.05) is 0 Å². The molecule has 0 amide bonds. The van der Waals surface area contributed by atoms with E-state index in [9.17, 15) is 0 Å². The van der Waals surface area contributed by atoms with Gasteiger partial charge in [0.15, 0.2) is 0 Å². The third-order valence-electron chi connectivity index (χ3n) is 2.31. The van der Waals surface area contributed by atoms with Gasteiger partial charge in [-0.25, -0.2) is 4.98 Å². The maximum absolute atomic E-state index is 5.42. The quantitative estimate of drug-likeness (QED) is 0.596. The number of hydrogen-bond donors (Lipinski definition) is 1. The molecule has 0 spiro atoms.